The van der Waals surface area contributed by atoms with E-state index in [-0.39, 0.29) is 0 Å². The fourth-order valence-electron chi connectivity index (χ4n) is 1.42. The van der Waals surface area contributed by atoms with Gasteiger partial charge in [-0.2, -0.15) is 0 Å². The van der Waals surface area contributed by atoms with Crippen molar-refractivity contribution in [1.29, 1.82) is 0 Å². The van der Waals surface area contributed by atoms with Gasteiger partial charge >= 0.3 is 0 Å². The Morgan fingerprint density at radius 2 is 2.07 bits per heavy atom. The molecule has 86 valence electrons. The van der Waals surface area contributed by atoms with Crippen molar-refractivity contribution >= 4 is 0 Å². The van der Waals surface area contributed by atoms with Crippen LogP contribution in [0.25, 0.3) is 0 Å². The highest BCUT2D eigenvalue weighted by Crippen LogP contribution is 1.95. The van der Waals surface area contributed by atoms with Gasteiger partial charge in [0.1, 0.15) is 0 Å². The SMILES string of the molecule is C/C=C\C=C/COCCN1CCOCC1. The maximum atomic E-state index is 5.48. The Hall–Kier alpha value is -0.640. The molecule has 1 aliphatic rings. The van der Waals surface area contributed by atoms with Gasteiger partial charge in [0, 0.05) is 19.6 Å². The molecular formula is C12H21NO2. The Morgan fingerprint density at radius 3 is 2.80 bits per heavy atom. The Morgan fingerprint density at radius 1 is 1.27 bits per heavy atom. The second-order valence-electron chi connectivity index (χ2n) is 3.48. The lowest BCUT2D eigenvalue weighted by Crippen LogP contribution is -2.38. The first-order valence-electron chi connectivity index (χ1n) is 5.59. The van der Waals surface area contributed by atoms with Crippen molar-refractivity contribution in [3.8, 4) is 0 Å². The Kier molecular flexibility index (Phi) is 7.17. The molecule has 1 aliphatic heterocycles. The van der Waals surface area contributed by atoms with Gasteiger partial charge in [-0.1, -0.05) is 24.3 Å². The molecule has 1 fully saturated rings. The molecule has 3 nitrogen and oxygen atoms in total. The van der Waals surface area contributed by atoms with E-state index in [4.69, 9.17) is 9.47 Å². The Labute approximate surface area is 92.4 Å². The average molecular weight is 211 g/mol. The van der Waals surface area contributed by atoms with Crippen LogP contribution in [0.3, 0.4) is 0 Å². The summed E-state index contributed by atoms with van der Waals surface area (Å²) >= 11 is 0. The van der Waals surface area contributed by atoms with Crippen LogP contribution in [0.5, 0.6) is 0 Å². The zero-order valence-corrected chi connectivity index (χ0v) is 9.52. The van der Waals surface area contributed by atoms with E-state index in [9.17, 15) is 0 Å². The van der Waals surface area contributed by atoms with Gasteiger partial charge in [0.2, 0.25) is 0 Å². The van der Waals surface area contributed by atoms with Gasteiger partial charge in [0.25, 0.3) is 0 Å². The van der Waals surface area contributed by atoms with Crippen molar-refractivity contribution in [3.63, 3.8) is 0 Å². The molecule has 0 radical (unpaired) electrons. The number of morpholine rings is 1. The summed E-state index contributed by atoms with van der Waals surface area (Å²) < 4.78 is 10.7. The minimum atomic E-state index is 0.703. The lowest BCUT2D eigenvalue weighted by atomic mass is 10.4. The van der Waals surface area contributed by atoms with E-state index in [1.54, 1.807) is 0 Å². The van der Waals surface area contributed by atoms with Crippen LogP contribution in [-0.4, -0.2) is 51.0 Å². The van der Waals surface area contributed by atoms with E-state index in [2.05, 4.69) is 4.90 Å². The molecule has 0 amide bonds. The van der Waals surface area contributed by atoms with Crippen molar-refractivity contribution in [1.82, 2.24) is 4.90 Å². The first kappa shape index (κ1) is 12.4. The van der Waals surface area contributed by atoms with Gasteiger partial charge in [-0.15, -0.1) is 0 Å². The first-order valence-corrected chi connectivity index (χ1v) is 5.59. The molecule has 0 aliphatic carbocycles. The highest BCUT2D eigenvalue weighted by molar-refractivity contribution is 5.00. The molecule has 15 heavy (non-hydrogen) atoms. The molecule has 0 aromatic carbocycles. The molecule has 0 bridgehead atoms. The predicted octanol–water partition coefficient (Wildman–Crippen LogP) is 1.47. The quantitative estimate of drug-likeness (QED) is 0.490. The fourth-order valence-corrected chi connectivity index (χ4v) is 1.42. The molecule has 1 rings (SSSR count). The van der Waals surface area contributed by atoms with Crippen LogP contribution < -0.4 is 0 Å². The van der Waals surface area contributed by atoms with Crippen LogP contribution in [0.15, 0.2) is 24.3 Å². The molecule has 0 aromatic rings. The third kappa shape index (κ3) is 6.44. The normalized spacial score (nSPS) is 19.3. The molecule has 0 aromatic heterocycles. The van der Waals surface area contributed by atoms with E-state index in [0.29, 0.717) is 6.61 Å². The predicted molar refractivity (Wildman–Crippen MR) is 62.0 cm³/mol. The van der Waals surface area contributed by atoms with Crippen LogP contribution in [0.2, 0.25) is 0 Å². The summed E-state index contributed by atoms with van der Waals surface area (Å²) in [5, 5.41) is 0. The average Bonchev–Trinajstić information content (AvgIpc) is 2.29. The summed E-state index contributed by atoms with van der Waals surface area (Å²) in [4.78, 5) is 2.37. The van der Waals surface area contributed by atoms with Crippen LogP contribution in [0, 0.1) is 0 Å². The van der Waals surface area contributed by atoms with Crippen molar-refractivity contribution in [3.05, 3.63) is 24.3 Å². The largest absolute Gasteiger partial charge is 0.379 e. The standard InChI is InChI=1S/C12H21NO2/c1-2-3-4-5-9-14-10-6-13-7-11-15-12-8-13/h2-5H,6-12H2,1H3/b3-2-,5-4-. The number of nitrogens with zero attached hydrogens (tertiary/aromatic N) is 1. The van der Waals surface area contributed by atoms with Crippen LogP contribution >= 0.6 is 0 Å². The summed E-state index contributed by atoms with van der Waals surface area (Å²) in [6.45, 7) is 8.33. The Balaban J connectivity index is 1.91. The third-order valence-electron chi connectivity index (χ3n) is 2.31. The second kappa shape index (κ2) is 8.65. The minimum absolute atomic E-state index is 0.703. The smallest absolute Gasteiger partial charge is 0.0651 e. The van der Waals surface area contributed by atoms with E-state index >= 15 is 0 Å². The van der Waals surface area contributed by atoms with Gasteiger partial charge in [0.15, 0.2) is 0 Å². The second-order valence-corrected chi connectivity index (χ2v) is 3.48. The van der Waals surface area contributed by atoms with E-state index in [0.717, 1.165) is 39.5 Å². The van der Waals surface area contributed by atoms with Gasteiger partial charge in [0.05, 0.1) is 26.4 Å². The van der Waals surface area contributed by atoms with E-state index in [1.165, 1.54) is 0 Å². The summed E-state index contributed by atoms with van der Waals surface area (Å²) in [6.07, 6.45) is 8.05. The van der Waals surface area contributed by atoms with Gasteiger partial charge in [-0.3, -0.25) is 4.90 Å². The number of rotatable bonds is 6. The van der Waals surface area contributed by atoms with Crippen LogP contribution in [-0.2, 0) is 9.47 Å². The summed E-state index contributed by atoms with van der Waals surface area (Å²) in [6, 6.07) is 0. The number of hydrogen-bond donors (Lipinski definition) is 0. The van der Waals surface area contributed by atoms with Crippen LogP contribution in [0.1, 0.15) is 6.92 Å². The third-order valence-corrected chi connectivity index (χ3v) is 2.31. The van der Waals surface area contributed by atoms with Crippen molar-refractivity contribution in [2.75, 3.05) is 46.1 Å². The lowest BCUT2D eigenvalue weighted by molar-refractivity contribution is 0.0234. The van der Waals surface area contributed by atoms with Crippen molar-refractivity contribution in [2.24, 2.45) is 0 Å². The molecule has 0 spiro atoms. The molecule has 0 saturated carbocycles. The lowest BCUT2D eigenvalue weighted by Gasteiger charge is -2.26. The zero-order valence-electron chi connectivity index (χ0n) is 9.52. The number of allylic oxidation sites excluding steroid dienone is 3. The van der Waals surface area contributed by atoms with Gasteiger partial charge < -0.3 is 9.47 Å². The molecule has 0 N–H and O–H groups in total. The summed E-state index contributed by atoms with van der Waals surface area (Å²) in [5.41, 5.74) is 0. The topological polar surface area (TPSA) is 21.7 Å². The fraction of sp³-hybridized carbons (Fsp3) is 0.667. The van der Waals surface area contributed by atoms with Crippen LogP contribution in [0.4, 0.5) is 0 Å². The zero-order chi connectivity index (χ0) is 10.8. The number of ether oxygens (including phenoxy) is 2. The Bertz CT molecular complexity index is 196. The molecular weight excluding hydrogens is 190 g/mol. The minimum Gasteiger partial charge on any atom is -0.379 e. The summed E-state index contributed by atoms with van der Waals surface area (Å²) in [7, 11) is 0. The van der Waals surface area contributed by atoms with E-state index in [1.807, 2.05) is 31.2 Å². The highest BCUT2D eigenvalue weighted by Gasteiger charge is 2.08. The van der Waals surface area contributed by atoms with E-state index < -0.39 is 0 Å². The first-order chi connectivity index (χ1) is 7.43. The van der Waals surface area contributed by atoms with Crippen molar-refractivity contribution in [2.45, 2.75) is 6.92 Å². The molecule has 1 heterocycles. The molecule has 1 saturated heterocycles. The molecule has 3 heteroatoms. The molecule has 0 atom stereocenters. The maximum Gasteiger partial charge on any atom is 0.0651 e. The van der Waals surface area contributed by atoms with Gasteiger partial charge in [-0.25, -0.2) is 0 Å². The summed E-state index contributed by atoms with van der Waals surface area (Å²) in [5.74, 6) is 0. The number of hydrogen-bond acceptors (Lipinski definition) is 3. The van der Waals surface area contributed by atoms with Gasteiger partial charge in [-0.05, 0) is 6.92 Å². The highest BCUT2D eigenvalue weighted by atomic mass is 16.5. The monoisotopic (exact) mass is 211 g/mol. The van der Waals surface area contributed by atoms with Crippen molar-refractivity contribution < 1.29 is 9.47 Å². The molecule has 0 unspecified atom stereocenters. The maximum absolute atomic E-state index is 5.48.